The summed E-state index contributed by atoms with van der Waals surface area (Å²) < 4.78 is 0. The van der Waals surface area contributed by atoms with Crippen molar-refractivity contribution in [1.82, 2.24) is 0 Å². The second kappa shape index (κ2) is 62.4. The fourth-order valence-corrected chi connectivity index (χ4v) is 0. The summed E-state index contributed by atoms with van der Waals surface area (Å²) in [6, 6.07) is 0. The van der Waals surface area contributed by atoms with Gasteiger partial charge in [-0.1, -0.05) is 0 Å². The fraction of sp³-hybridized carbons (Fsp3) is 0. The molecule has 0 saturated heterocycles. The maximum atomic E-state index is 0. The van der Waals surface area contributed by atoms with Gasteiger partial charge in [-0.2, -0.15) is 0 Å². The van der Waals surface area contributed by atoms with E-state index < -0.39 is 0 Å². The Bertz CT molecular complexity index is 12.5. The van der Waals surface area contributed by atoms with Gasteiger partial charge in [-0.15, -0.1) is 0 Å². The zero-order valence-electron chi connectivity index (χ0n) is 4.81. The normalized spacial score (nSPS) is 0. The van der Waals surface area contributed by atoms with Gasteiger partial charge in [-0.3, -0.25) is 0 Å². The minimum Gasteiger partial charge on any atom is -0.412 e. The monoisotopic (exact) mass is 1190 g/mol. The molecule has 0 atom stereocenters. The Morgan fingerprint density at radius 2 is 0.333 bits per heavy atom. The van der Waals surface area contributed by atoms with Crippen molar-refractivity contribution < 1.29 is 198 Å². The zero-order valence-corrected chi connectivity index (χ0v) is 27.7. The molecular formula is H8Ac4O4Pb. The van der Waals surface area contributed by atoms with Gasteiger partial charge in [0.2, 0.25) is 0 Å². The van der Waals surface area contributed by atoms with E-state index in [1.165, 1.54) is 0 Å². The first-order valence-corrected chi connectivity index (χ1v) is 0. The molecular weight excluding hydrogens is 1180 g/mol. The van der Waals surface area contributed by atoms with E-state index in [2.05, 4.69) is 0 Å². The standard InChI is InChI=1S/4Ac.4H2O.Pb/h;;;;4*1H2;. The molecule has 0 aromatic carbocycles. The third kappa shape index (κ3) is 53.5. The van der Waals surface area contributed by atoms with E-state index in [4.69, 9.17) is 0 Å². The molecule has 4 nitrogen and oxygen atoms in total. The van der Waals surface area contributed by atoms with Crippen molar-refractivity contribution in [3.63, 3.8) is 0 Å². The van der Waals surface area contributed by atoms with Gasteiger partial charge in [0.25, 0.3) is 0 Å². The molecule has 8 radical (unpaired) electrons. The molecule has 9 heavy (non-hydrogen) atoms. The summed E-state index contributed by atoms with van der Waals surface area (Å²) in [5, 5.41) is 0. The number of rotatable bonds is 0. The molecule has 0 rings (SSSR count). The Kier molecular flexibility index (Phi) is 533. The molecule has 8 N–H and O–H groups in total. The molecule has 0 aliphatic heterocycles. The molecule has 9 heteroatoms. The minimum absolute atomic E-state index is 0. The van der Waals surface area contributed by atoms with Crippen LogP contribution in [-0.4, -0.2) is 49.2 Å². The van der Waals surface area contributed by atoms with Gasteiger partial charge >= 0.3 is 0 Å². The van der Waals surface area contributed by atoms with E-state index in [1.54, 1.807) is 0 Å². The van der Waals surface area contributed by atoms with Crippen LogP contribution >= 0.6 is 0 Å². The molecule has 0 bridgehead atoms. The molecule has 0 heterocycles. The predicted octanol–water partition coefficient (Wildman–Crippen LogP) is -3.68. The third-order valence-electron chi connectivity index (χ3n) is 0. The fourth-order valence-electron chi connectivity index (χ4n) is 0. The summed E-state index contributed by atoms with van der Waals surface area (Å²) in [6.45, 7) is 0. The molecule has 0 aliphatic rings. The van der Waals surface area contributed by atoms with Gasteiger partial charge in [0.15, 0.2) is 0 Å². The van der Waals surface area contributed by atoms with E-state index >= 15 is 0 Å². The zero-order chi connectivity index (χ0) is 0. The van der Waals surface area contributed by atoms with Crippen LogP contribution in [0.25, 0.3) is 0 Å². The van der Waals surface area contributed by atoms with Crippen molar-refractivity contribution in [1.29, 1.82) is 0 Å². The van der Waals surface area contributed by atoms with Gasteiger partial charge in [-0.25, -0.2) is 0 Å². The second-order valence-corrected chi connectivity index (χ2v) is 0. The van der Waals surface area contributed by atoms with Crippen LogP contribution < -0.4 is 0 Å². The van der Waals surface area contributed by atoms with Crippen molar-refractivity contribution in [2.24, 2.45) is 0 Å². The van der Waals surface area contributed by atoms with E-state index in [0.717, 1.165) is 0 Å². The maximum absolute atomic E-state index is 0. The molecule has 0 unspecified atom stereocenters. The molecule has 0 aliphatic carbocycles. The first kappa shape index (κ1) is 76.9. The van der Waals surface area contributed by atoms with Crippen LogP contribution in [0, 0.1) is 176 Å². The van der Waals surface area contributed by atoms with Crippen LogP contribution in [0.4, 0.5) is 0 Å². The average Bonchev–Trinajstić information content (AvgIpc) is 0. The van der Waals surface area contributed by atoms with Gasteiger partial charge < -0.3 is 21.9 Å². The Labute approximate surface area is 218 Å². The summed E-state index contributed by atoms with van der Waals surface area (Å²) >= 11 is 0. The SMILES string of the molecule is O.O.O.O.[Ac].[Ac].[Ac].[Ac].[Pb]. The van der Waals surface area contributed by atoms with Crippen molar-refractivity contribution in [3.05, 3.63) is 0 Å². The van der Waals surface area contributed by atoms with Crippen molar-refractivity contribution in [2.45, 2.75) is 0 Å². The third-order valence-corrected chi connectivity index (χ3v) is 0. The van der Waals surface area contributed by atoms with Gasteiger partial charge in [0.05, 0.1) is 0 Å². The smallest absolute Gasteiger partial charge is 0 e. The summed E-state index contributed by atoms with van der Waals surface area (Å²) in [6.07, 6.45) is 0. The Morgan fingerprint density at radius 3 is 0.333 bits per heavy atom. The van der Waals surface area contributed by atoms with Gasteiger partial charge in [-0.05, 0) is 0 Å². The molecule has 0 amide bonds. The molecule has 0 spiro atoms. The largest absolute Gasteiger partial charge is 0.412 e. The Hall–Kier alpha value is 6.53. The first-order valence-electron chi connectivity index (χ1n) is 0. The van der Waals surface area contributed by atoms with Crippen LogP contribution in [0.1, 0.15) is 0 Å². The summed E-state index contributed by atoms with van der Waals surface area (Å²) in [5.74, 6) is 0. The van der Waals surface area contributed by atoms with Crippen molar-refractivity contribution in [3.8, 4) is 0 Å². The predicted molar refractivity (Wildman–Crippen MR) is 20.2 cm³/mol. The number of hydrogen-bond acceptors (Lipinski definition) is 0. The van der Waals surface area contributed by atoms with E-state index in [1.807, 2.05) is 0 Å². The van der Waals surface area contributed by atoms with Crippen LogP contribution in [0.3, 0.4) is 0 Å². The molecule has 0 saturated carbocycles. The topological polar surface area (TPSA) is 126 Å². The minimum atomic E-state index is 0. The molecule has 0 aromatic heterocycles. The molecule has 0 aromatic rings. The van der Waals surface area contributed by atoms with Gasteiger partial charge in [0, 0.05) is 204 Å². The molecule has 0 fully saturated rings. The summed E-state index contributed by atoms with van der Waals surface area (Å²) in [7, 11) is 0. The average molecular weight is 1190 g/mol. The van der Waals surface area contributed by atoms with Crippen LogP contribution in [-0.2, 0) is 0 Å². The van der Waals surface area contributed by atoms with E-state index in [-0.39, 0.29) is 225 Å². The summed E-state index contributed by atoms with van der Waals surface area (Å²) in [5.41, 5.74) is 0. The van der Waals surface area contributed by atoms with E-state index in [0.29, 0.717) is 0 Å². The van der Waals surface area contributed by atoms with Crippen LogP contribution in [0.2, 0.25) is 0 Å². The van der Waals surface area contributed by atoms with Crippen LogP contribution in [0.15, 0.2) is 0 Å². The Morgan fingerprint density at radius 1 is 0.333 bits per heavy atom. The number of hydrogen-bond donors (Lipinski definition) is 0. The first-order chi connectivity index (χ1) is 0. The maximum Gasteiger partial charge on any atom is 0 e. The molecule has 48 valence electrons. The second-order valence-electron chi connectivity index (χ2n) is 0. The Balaban J connectivity index is 0. The summed E-state index contributed by atoms with van der Waals surface area (Å²) in [4.78, 5) is 0. The van der Waals surface area contributed by atoms with Gasteiger partial charge in [0.1, 0.15) is 0 Å². The quantitative estimate of drug-likeness (QED) is 0.222. The van der Waals surface area contributed by atoms with Crippen LogP contribution in [0.5, 0.6) is 0 Å². The van der Waals surface area contributed by atoms with Crippen molar-refractivity contribution in [2.75, 3.05) is 0 Å². The van der Waals surface area contributed by atoms with E-state index in [9.17, 15) is 0 Å². The van der Waals surface area contributed by atoms with Crippen molar-refractivity contribution >= 4 is 27.3 Å².